The van der Waals surface area contributed by atoms with E-state index in [0.29, 0.717) is 0 Å². The third-order valence-corrected chi connectivity index (χ3v) is 2.64. The molecule has 0 bridgehead atoms. The second kappa shape index (κ2) is 4.31. The van der Waals surface area contributed by atoms with E-state index in [9.17, 15) is 9.59 Å². The Labute approximate surface area is 95.9 Å². The molecule has 16 heavy (non-hydrogen) atoms. The van der Waals surface area contributed by atoms with Crippen molar-refractivity contribution in [2.45, 2.75) is 52.3 Å². The average molecular weight is 228 g/mol. The maximum atomic E-state index is 11.5. The van der Waals surface area contributed by atoms with Crippen LogP contribution >= 0.6 is 0 Å². The molecule has 0 aromatic carbocycles. The molecule has 0 unspecified atom stereocenters. The van der Waals surface area contributed by atoms with Crippen molar-refractivity contribution in [3.05, 3.63) is 0 Å². The van der Waals surface area contributed by atoms with Crippen molar-refractivity contribution in [1.29, 1.82) is 0 Å². The number of alkyl carbamates (subject to hydrolysis) is 1. The summed E-state index contributed by atoms with van der Waals surface area (Å²) in [6.07, 6.45) is -0.548. The first kappa shape index (κ1) is 12.8. The molecule has 2 amide bonds. The minimum absolute atomic E-state index is 0.0695. The molecule has 5 nitrogen and oxygen atoms in total. The standard InChI is InChI=1S/C11H20N2O3/c1-6-7(2)12-9(14)8(6)13-10(15)16-11(3,4)5/h6-8H,1-5H3,(H,12,14)(H,13,15)/t6-,7-,8-/m0/s1. The highest BCUT2D eigenvalue weighted by Gasteiger charge is 2.38. The average Bonchev–Trinajstić information content (AvgIpc) is 2.29. The highest BCUT2D eigenvalue weighted by Crippen LogP contribution is 2.17. The molecule has 0 saturated carbocycles. The van der Waals surface area contributed by atoms with Gasteiger partial charge in [-0.25, -0.2) is 4.79 Å². The van der Waals surface area contributed by atoms with E-state index >= 15 is 0 Å². The maximum Gasteiger partial charge on any atom is 0.408 e. The Kier molecular flexibility index (Phi) is 3.45. The highest BCUT2D eigenvalue weighted by molar-refractivity contribution is 5.88. The van der Waals surface area contributed by atoms with Crippen LogP contribution < -0.4 is 10.6 Å². The van der Waals surface area contributed by atoms with Crippen molar-refractivity contribution in [3.8, 4) is 0 Å². The predicted octanol–water partition coefficient (Wildman–Crippen LogP) is 1.03. The van der Waals surface area contributed by atoms with Gasteiger partial charge in [-0.1, -0.05) is 6.92 Å². The number of rotatable bonds is 1. The molecule has 0 aliphatic carbocycles. The fraction of sp³-hybridized carbons (Fsp3) is 0.818. The molecular formula is C11H20N2O3. The number of ether oxygens (including phenoxy) is 1. The normalized spacial score (nSPS) is 29.8. The monoisotopic (exact) mass is 228 g/mol. The topological polar surface area (TPSA) is 67.4 Å². The zero-order chi connectivity index (χ0) is 12.5. The molecule has 0 aromatic heterocycles. The molecule has 1 aliphatic heterocycles. The van der Waals surface area contributed by atoms with Gasteiger partial charge in [-0.15, -0.1) is 0 Å². The van der Waals surface area contributed by atoms with Gasteiger partial charge in [-0.2, -0.15) is 0 Å². The van der Waals surface area contributed by atoms with Gasteiger partial charge in [-0.3, -0.25) is 4.79 Å². The quantitative estimate of drug-likeness (QED) is 0.704. The molecular weight excluding hydrogens is 208 g/mol. The van der Waals surface area contributed by atoms with Crippen molar-refractivity contribution in [2.75, 3.05) is 0 Å². The molecule has 0 aromatic rings. The zero-order valence-electron chi connectivity index (χ0n) is 10.5. The lowest BCUT2D eigenvalue weighted by Crippen LogP contribution is -2.45. The van der Waals surface area contributed by atoms with Gasteiger partial charge in [0, 0.05) is 12.0 Å². The molecule has 92 valence electrons. The third kappa shape index (κ3) is 3.12. The van der Waals surface area contributed by atoms with Gasteiger partial charge in [0.25, 0.3) is 0 Å². The van der Waals surface area contributed by atoms with Gasteiger partial charge >= 0.3 is 6.09 Å². The molecule has 1 saturated heterocycles. The first-order valence-electron chi connectivity index (χ1n) is 5.50. The van der Waals surface area contributed by atoms with Crippen LogP contribution in [-0.2, 0) is 9.53 Å². The first-order chi connectivity index (χ1) is 7.20. The number of carbonyl (C=O) groups is 2. The minimum Gasteiger partial charge on any atom is -0.444 e. The summed E-state index contributed by atoms with van der Waals surface area (Å²) in [7, 11) is 0. The van der Waals surface area contributed by atoms with E-state index in [0.717, 1.165) is 0 Å². The summed E-state index contributed by atoms with van der Waals surface area (Å²) in [5.74, 6) is -0.0779. The fourth-order valence-corrected chi connectivity index (χ4v) is 1.60. The fourth-order valence-electron chi connectivity index (χ4n) is 1.60. The lowest BCUT2D eigenvalue weighted by Gasteiger charge is -2.22. The number of nitrogens with one attached hydrogen (secondary N) is 2. The van der Waals surface area contributed by atoms with Gasteiger partial charge < -0.3 is 15.4 Å². The molecule has 2 N–H and O–H groups in total. The van der Waals surface area contributed by atoms with Gasteiger partial charge in [-0.05, 0) is 27.7 Å². The van der Waals surface area contributed by atoms with E-state index in [2.05, 4.69) is 10.6 Å². The van der Waals surface area contributed by atoms with E-state index in [-0.39, 0.29) is 17.9 Å². The number of hydrogen-bond donors (Lipinski definition) is 2. The molecule has 3 atom stereocenters. The van der Waals surface area contributed by atoms with Crippen LogP contribution in [0.25, 0.3) is 0 Å². The van der Waals surface area contributed by atoms with Crippen LogP contribution in [0.15, 0.2) is 0 Å². The smallest absolute Gasteiger partial charge is 0.408 e. The summed E-state index contributed by atoms with van der Waals surface area (Å²) in [6.45, 7) is 9.19. The Morgan fingerprint density at radius 2 is 1.94 bits per heavy atom. The summed E-state index contributed by atoms with van der Waals surface area (Å²) >= 11 is 0. The molecule has 1 rings (SSSR count). The summed E-state index contributed by atoms with van der Waals surface area (Å²) < 4.78 is 5.10. The Bertz CT molecular complexity index is 296. The number of amides is 2. The Morgan fingerprint density at radius 3 is 2.31 bits per heavy atom. The van der Waals surface area contributed by atoms with Crippen LogP contribution in [0.5, 0.6) is 0 Å². The lowest BCUT2D eigenvalue weighted by atomic mass is 10.0. The second-order valence-corrected chi connectivity index (χ2v) is 5.28. The van der Waals surface area contributed by atoms with Crippen molar-refractivity contribution in [2.24, 2.45) is 5.92 Å². The molecule has 0 spiro atoms. The Hall–Kier alpha value is -1.26. The summed E-state index contributed by atoms with van der Waals surface area (Å²) in [5, 5.41) is 5.37. The molecule has 0 radical (unpaired) electrons. The van der Waals surface area contributed by atoms with Crippen molar-refractivity contribution < 1.29 is 14.3 Å². The zero-order valence-corrected chi connectivity index (χ0v) is 10.5. The second-order valence-electron chi connectivity index (χ2n) is 5.28. The number of carbonyl (C=O) groups excluding carboxylic acids is 2. The largest absolute Gasteiger partial charge is 0.444 e. The molecule has 1 fully saturated rings. The van der Waals surface area contributed by atoms with Crippen molar-refractivity contribution in [3.63, 3.8) is 0 Å². The van der Waals surface area contributed by atoms with E-state index in [1.807, 2.05) is 13.8 Å². The summed E-state index contributed by atoms with van der Waals surface area (Å²) in [4.78, 5) is 23.0. The number of hydrogen-bond acceptors (Lipinski definition) is 3. The molecule has 5 heteroatoms. The molecule has 1 heterocycles. The van der Waals surface area contributed by atoms with Gasteiger partial charge in [0.2, 0.25) is 5.91 Å². The summed E-state index contributed by atoms with van der Waals surface area (Å²) in [5.41, 5.74) is -0.548. The van der Waals surface area contributed by atoms with Crippen LogP contribution in [0.3, 0.4) is 0 Å². The van der Waals surface area contributed by atoms with E-state index in [1.165, 1.54) is 0 Å². The van der Waals surface area contributed by atoms with Crippen LogP contribution in [0.4, 0.5) is 4.79 Å². The van der Waals surface area contributed by atoms with Gasteiger partial charge in [0.05, 0.1) is 0 Å². The summed E-state index contributed by atoms with van der Waals surface area (Å²) in [6, 6.07) is -0.419. The van der Waals surface area contributed by atoms with E-state index < -0.39 is 17.7 Å². The maximum absolute atomic E-state index is 11.5. The predicted molar refractivity (Wildman–Crippen MR) is 59.9 cm³/mol. The first-order valence-corrected chi connectivity index (χ1v) is 5.50. The third-order valence-electron chi connectivity index (χ3n) is 2.64. The Balaban J connectivity index is 2.55. The van der Waals surface area contributed by atoms with E-state index in [1.54, 1.807) is 20.8 Å². The highest BCUT2D eigenvalue weighted by atomic mass is 16.6. The van der Waals surface area contributed by atoms with Crippen LogP contribution in [0.1, 0.15) is 34.6 Å². The van der Waals surface area contributed by atoms with Crippen LogP contribution in [0.2, 0.25) is 0 Å². The van der Waals surface area contributed by atoms with Crippen molar-refractivity contribution in [1.82, 2.24) is 10.6 Å². The molecule has 1 aliphatic rings. The van der Waals surface area contributed by atoms with E-state index in [4.69, 9.17) is 4.74 Å². The van der Waals surface area contributed by atoms with Crippen LogP contribution in [-0.4, -0.2) is 29.7 Å². The Morgan fingerprint density at radius 1 is 1.38 bits per heavy atom. The van der Waals surface area contributed by atoms with Crippen LogP contribution in [0, 0.1) is 5.92 Å². The minimum atomic E-state index is -0.548. The van der Waals surface area contributed by atoms with Crippen molar-refractivity contribution >= 4 is 12.0 Å². The SMILES string of the molecule is C[C@H]1[C@H](C)NC(=O)[C@H]1NC(=O)OC(C)(C)C. The van der Waals surface area contributed by atoms with Gasteiger partial charge in [0.1, 0.15) is 11.6 Å². The lowest BCUT2D eigenvalue weighted by molar-refractivity contribution is -0.121. The van der Waals surface area contributed by atoms with Gasteiger partial charge in [0.15, 0.2) is 0 Å².